The first-order valence-electron chi connectivity index (χ1n) is 5.70. The van der Waals surface area contributed by atoms with Crippen LogP contribution >= 0.6 is 34.2 Å². The number of rotatable bonds is 3. The Morgan fingerprint density at radius 2 is 1.65 bits per heavy atom. The highest BCUT2D eigenvalue weighted by Gasteiger charge is 2.21. The van der Waals surface area contributed by atoms with Crippen LogP contribution in [-0.4, -0.2) is 7.05 Å². The van der Waals surface area contributed by atoms with E-state index in [1.165, 1.54) is 0 Å². The minimum Gasteiger partial charge on any atom is -0.309 e. The van der Waals surface area contributed by atoms with Crippen LogP contribution in [0.4, 0.5) is 13.2 Å². The molecule has 2 rings (SSSR count). The SMILES string of the molecule is CNC(c1cc(F)c(F)cc1F)c1cc(Cl)ccc1I. The number of hydrogen-bond acceptors (Lipinski definition) is 1. The molecule has 0 saturated carbocycles. The van der Waals surface area contributed by atoms with E-state index in [9.17, 15) is 13.2 Å². The van der Waals surface area contributed by atoms with Crippen molar-refractivity contribution in [3.63, 3.8) is 0 Å². The van der Waals surface area contributed by atoms with E-state index in [2.05, 4.69) is 27.9 Å². The molecule has 0 saturated heterocycles. The van der Waals surface area contributed by atoms with Gasteiger partial charge in [0.2, 0.25) is 0 Å². The lowest BCUT2D eigenvalue weighted by Crippen LogP contribution is -2.20. The fourth-order valence-electron chi connectivity index (χ4n) is 1.97. The minimum absolute atomic E-state index is 0.0339. The molecule has 1 atom stereocenters. The average molecular weight is 412 g/mol. The zero-order valence-electron chi connectivity index (χ0n) is 10.4. The fourth-order valence-corrected chi connectivity index (χ4v) is 2.80. The summed E-state index contributed by atoms with van der Waals surface area (Å²) in [5, 5.41) is 3.39. The van der Waals surface area contributed by atoms with Gasteiger partial charge in [-0.05, 0) is 59.5 Å². The van der Waals surface area contributed by atoms with E-state index in [1.807, 2.05) is 0 Å². The van der Waals surface area contributed by atoms with Crippen molar-refractivity contribution < 1.29 is 13.2 Å². The van der Waals surface area contributed by atoms with Crippen LogP contribution in [-0.2, 0) is 0 Å². The van der Waals surface area contributed by atoms with Crippen LogP contribution in [0.3, 0.4) is 0 Å². The third-order valence-electron chi connectivity index (χ3n) is 2.91. The van der Waals surface area contributed by atoms with E-state index in [4.69, 9.17) is 11.6 Å². The first-order chi connectivity index (χ1) is 9.43. The summed E-state index contributed by atoms with van der Waals surface area (Å²) in [6, 6.07) is 5.96. The average Bonchev–Trinajstić information content (AvgIpc) is 2.40. The molecule has 0 radical (unpaired) electrons. The van der Waals surface area contributed by atoms with Crippen molar-refractivity contribution in [3.8, 4) is 0 Å². The highest BCUT2D eigenvalue weighted by molar-refractivity contribution is 14.1. The molecule has 2 aromatic rings. The molecule has 6 heteroatoms. The van der Waals surface area contributed by atoms with E-state index < -0.39 is 23.5 Å². The molecular formula is C14H10ClF3IN. The number of halogens is 5. The molecule has 0 bridgehead atoms. The van der Waals surface area contributed by atoms with Crippen LogP contribution in [0.25, 0.3) is 0 Å². The van der Waals surface area contributed by atoms with E-state index in [-0.39, 0.29) is 5.56 Å². The van der Waals surface area contributed by atoms with Crippen LogP contribution in [0.1, 0.15) is 17.2 Å². The molecule has 0 aliphatic rings. The smallest absolute Gasteiger partial charge is 0.161 e. The maximum absolute atomic E-state index is 13.9. The predicted octanol–water partition coefficient (Wildman–Crippen LogP) is 4.67. The molecule has 0 amide bonds. The van der Waals surface area contributed by atoms with Crippen molar-refractivity contribution in [2.45, 2.75) is 6.04 Å². The van der Waals surface area contributed by atoms with Crippen molar-refractivity contribution >= 4 is 34.2 Å². The molecule has 106 valence electrons. The Kier molecular flexibility index (Phi) is 4.93. The molecule has 0 heterocycles. The topological polar surface area (TPSA) is 12.0 Å². The van der Waals surface area contributed by atoms with Gasteiger partial charge in [-0.25, -0.2) is 13.2 Å². The second-order valence-corrected chi connectivity index (χ2v) is 5.77. The van der Waals surface area contributed by atoms with Gasteiger partial charge < -0.3 is 5.32 Å². The summed E-state index contributed by atoms with van der Waals surface area (Å²) >= 11 is 8.02. The van der Waals surface area contributed by atoms with Gasteiger partial charge in [0.05, 0.1) is 6.04 Å². The van der Waals surface area contributed by atoms with Crippen LogP contribution in [0.5, 0.6) is 0 Å². The summed E-state index contributed by atoms with van der Waals surface area (Å²) in [6.07, 6.45) is 0. The lowest BCUT2D eigenvalue weighted by Gasteiger charge is -2.20. The third-order valence-corrected chi connectivity index (χ3v) is 4.13. The van der Waals surface area contributed by atoms with Crippen molar-refractivity contribution in [1.29, 1.82) is 0 Å². The highest BCUT2D eigenvalue weighted by Crippen LogP contribution is 2.30. The van der Waals surface area contributed by atoms with Gasteiger partial charge in [-0.2, -0.15) is 0 Å². The van der Waals surface area contributed by atoms with Crippen molar-refractivity contribution in [2.75, 3.05) is 7.05 Å². The molecule has 0 aliphatic carbocycles. The second-order valence-electron chi connectivity index (χ2n) is 4.18. The lowest BCUT2D eigenvalue weighted by molar-refractivity contribution is 0.483. The van der Waals surface area contributed by atoms with E-state index in [0.717, 1.165) is 9.64 Å². The van der Waals surface area contributed by atoms with Crippen molar-refractivity contribution in [3.05, 3.63) is 67.5 Å². The van der Waals surface area contributed by atoms with Gasteiger partial charge in [0.1, 0.15) is 5.82 Å². The predicted molar refractivity (Wildman–Crippen MR) is 81.4 cm³/mol. The second kappa shape index (κ2) is 6.32. The maximum atomic E-state index is 13.9. The van der Waals surface area contributed by atoms with Crippen molar-refractivity contribution in [1.82, 2.24) is 5.32 Å². The Morgan fingerprint density at radius 3 is 2.30 bits per heavy atom. The largest absolute Gasteiger partial charge is 0.309 e. The number of hydrogen-bond donors (Lipinski definition) is 1. The number of nitrogens with one attached hydrogen (secondary N) is 1. The highest BCUT2D eigenvalue weighted by atomic mass is 127. The Hall–Kier alpha value is -0.790. The maximum Gasteiger partial charge on any atom is 0.161 e. The summed E-state index contributed by atoms with van der Waals surface area (Å²) < 4.78 is 41.1. The molecule has 0 aliphatic heterocycles. The van der Waals surface area contributed by atoms with Crippen molar-refractivity contribution in [2.24, 2.45) is 0 Å². The molecule has 0 fully saturated rings. The van der Waals surface area contributed by atoms with Gasteiger partial charge in [-0.15, -0.1) is 0 Å². The van der Waals surface area contributed by atoms with Crippen LogP contribution < -0.4 is 5.32 Å². The van der Waals surface area contributed by atoms with Crippen LogP contribution in [0.15, 0.2) is 30.3 Å². The first kappa shape index (κ1) is 15.6. The first-order valence-corrected chi connectivity index (χ1v) is 7.16. The standard InChI is InChI=1S/C14H10ClF3IN/c1-20-14(9-4-7(15)2-3-13(9)19)8-5-11(17)12(18)6-10(8)16/h2-6,14,20H,1H3. The Morgan fingerprint density at radius 1 is 1.00 bits per heavy atom. The van der Waals surface area contributed by atoms with Gasteiger partial charge in [-0.1, -0.05) is 11.6 Å². The van der Waals surface area contributed by atoms with E-state index in [1.54, 1.807) is 25.2 Å². The Balaban J connectivity index is 2.58. The summed E-state index contributed by atoms with van der Waals surface area (Å²) in [5.41, 5.74) is 0.733. The van der Waals surface area contributed by atoms with Crippen LogP contribution in [0, 0.1) is 21.0 Å². The van der Waals surface area contributed by atoms with Gasteiger partial charge in [0.15, 0.2) is 11.6 Å². The minimum atomic E-state index is -1.21. The van der Waals surface area contributed by atoms with Crippen LogP contribution in [0.2, 0.25) is 5.02 Å². The number of benzene rings is 2. The monoisotopic (exact) mass is 411 g/mol. The summed E-state index contributed by atoms with van der Waals surface area (Å²) in [7, 11) is 1.61. The molecule has 1 unspecified atom stereocenters. The Labute approximate surface area is 133 Å². The molecule has 2 aromatic carbocycles. The molecule has 1 nitrogen and oxygen atoms in total. The zero-order valence-corrected chi connectivity index (χ0v) is 13.3. The molecular weight excluding hydrogens is 402 g/mol. The van der Waals surface area contributed by atoms with Gasteiger partial charge in [0.25, 0.3) is 0 Å². The fraction of sp³-hybridized carbons (Fsp3) is 0.143. The van der Waals surface area contributed by atoms with Gasteiger partial charge >= 0.3 is 0 Å². The van der Waals surface area contributed by atoms with Gasteiger partial charge in [0, 0.05) is 20.2 Å². The Bertz CT molecular complexity index is 649. The molecule has 1 N–H and O–H groups in total. The molecule has 0 aromatic heterocycles. The van der Waals surface area contributed by atoms with E-state index in [0.29, 0.717) is 16.7 Å². The molecule has 0 spiro atoms. The quantitative estimate of drug-likeness (QED) is 0.572. The van der Waals surface area contributed by atoms with Gasteiger partial charge in [-0.3, -0.25) is 0 Å². The summed E-state index contributed by atoms with van der Waals surface area (Å²) in [6.45, 7) is 0. The third kappa shape index (κ3) is 3.10. The van der Waals surface area contributed by atoms with E-state index >= 15 is 0 Å². The zero-order chi connectivity index (χ0) is 14.9. The normalized spacial score (nSPS) is 12.5. The lowest BCUT2D eigenvalue weighted by atomic mass is 9.98. The summed E-state index contributed by atoms with van der Waals surface area (Å²) in [5.74, 6) is -3.10. The summed E-state index contributed by atoms with van der Waals surface area (Å²) in [4.78, 5) is 0. The molecule has 20 heavy (non-hydrogen) atoms.